The van der Waals surface area contributed by atoms with E-state index in [4.69, 9.17) is 9.47 Å². The molecule has 0 amide bonds. The van der Waals surface area contributed by atoms with E-state index < -0.39 is 0 Å². The molecule has 0 aromatic rings. The minimum Gasteiger partial charge on any atom is -0.491 e. The van der Waals surface area contributed by atoms with Gasteiger partial charge in [0.05, 0.1) is 14.2 Å². The van der Waals surface area contributed by atoms with Crippen molar-refractivity contribution in [2.45, 2.75) is 0 Å². The number of hydrogen-bond acceptors (Lipinski definition) is 4. The van der Waals surface area contributed by atoms with E-state index in [1.807, 2.05) is 36.7 Å². The molecule has 0 N–H and O–H groups in total. The molecule has 0 fully saturated rings. The maximum atomic E-state index is 5.18. The number of nitrogens with zero attached hydrogens (tertiary/aromatic N) is 1. The molecule has 76 valence electrons. The predicted octanol–water partition coefficient (Wildman–Crippen LogP) is 1.89. The molecule has 3 nitrogen and oxygen atoms in total. The lowest BCUT2D eigenvalue weighted by Crippen LogP contribution is -2.15. The van der Waals surface area contributed by atoms with Crippen molar-refractivity contribution in [3.05, 3.63) is 23.1 Å². The molecule has 0 saturated heterocycles. The number of ether oxygens (including phenoxy) is 2. The van der Waals surface area contributed by atoms with Crippen molar-refractivity contribution in [1.82, 2.24) is 4.90 Å². The summed E-state index contributed by atoms with van der Waals surface area (Å²) in [7, 11) is 7.07. The summed E-state index contributed by atoms with van der Waals surface area (Å²) in [5.74, 6) is 1.44. The van der Waals surface area contributed by atoms with Crippen LogP contribution in [-0.4, -0.2) is 39.5 Å². The molecule has 0 radical (unpaired) electrons. The van der Waals surface area contributed by atoms with E-state index in [-0.39, 0.29) is 0 Å². The molecule has 0 unspecified atom stereocenters. The van der Waals surface area contributed by atoms with Gasteiger partial charge in [-0.1, -0.05) is 0 Å². The SMILES string of the molecule is COC(/C=C/SC)=C(\OC)N(C)C. The van der Waals surface area contributed by atoms with Crippen molar-refractivity contribution < 1.29 is 9.47 Å². The van der Waals surface area contributed by atoms with Crippen LogP contribution in [0.1, 0.15) is 0 Å². The minimum absolute atomic E-state index is 0.716. The quantitative estimate of drug-likeness (QED) is 0.502. The molecule has 0 rings (SSSR count). The van der Waals surface area contributed by atoms with Gasteiger partial charge < -0.3 is 14.4 Å². The highest BCUT2D eigenvalue weighted by Gasteiger charge is 2.06. The van der Waals surface area contributed by atoms with Gasteiger partial charge in [0.15, 0.2) is 5.76 Å². The maximum absolute atomic E-state index is 5.18. The fourth-order valence-corrected chi connectivity index (χ4v) is 1.12. The van der Waals surface area contributed by atoms with Gasteiger partial charge in [0, 0.05) is 14.1 Å². The molecule has 0 saturated carbocycles. The minimum atomic E-state index is 0.716. The first-order valence-corrected chi connectivity index (χ1v) is 5.15. The van der Waals surface area contributed by atoms with Gasteiger partial charge in [-0.05, 0) is 17.7 Å². The highest BCUT2D eigenvalue weighted by Crippen LogP contribution is 2.11. The fraction of sp³-hybridized carbons (Fsp3) is 0.556. The Labute approximate surface area is 84.4 Å². The van der Waals surface area contributed by atoms with Crippen LogP contribution in [0, 0.1) is 0 Å². The Morgan fingerprint density at radius 1 is 1.23 bits per heavy atom. The Balaban J connectivity index is 4.71. The number of methoxy groups -OCH3 is 2. The second-order valence-corrected chi connectivity index (χ2v) is 3.25. The van der Waals surface area contributed by atoms with Gasteiger partial charge in [-0.3, -0.25) is 0 Å². The Morgan fingerprint density at radius 3 is 2.15 bits per heavy atom. The lowest BCUT2D eigenvalue weighted by molar-refractivity contribution is 0.158. The third-order valence-corrected chi connectivity index (χ3v) is 1.79. The second kappa shape index (κ2) is 6.71. The van der Waals surface area contributed by atoms with Crippen LogP contribution in [0.3, 0.4) is 0 Å². The van der Waals surface area contributed by atoms with E-state index in [1.165, 1.54) is 0 Å². The number of thioether (sulfide) groups is 1. The number of rotatable bonds is 5. The Bertz CT molecular complexity index is 200. The molecule has 0 aliphatic heterocycles. The van der Waals surface area contributed by atoms with Crippen LogP contribution >= 0.6 is 11.8 Å². The van der Waals surface area contributed by atoms with Gasteiger partial charge in [-0.2, -0.15) is 0 Å². The zero-order valence-corrected chi connectivity index (χ0v) is 9.64. The van der Waals surface area contributed by atoms with E-state index in [1.54, 1.807) is 26.0 Å². The normalized spacial score (nSPS) is 12.7. The summed E-state index contributed by atoms with van der Waals surface area (Å²) in [6.45, 7) is 0. The van der Waals surface area contributed by atoms with Crippen LogP contribution in [-0.2, 0) is 9.47 Å². The van der Waals surface area contributed by atoms with Gasteiger partial charge in [0.1, 0.15) is 0 Å². The van der Waals surface area contributed by atoms with Crippen molar-refractivity contribution in [3.63, 3.8) is 0 Å². The number of allylic oxidation sites excluding steroid dienone is 1. The monoisotopic (exact) mass is 203 g/mol. The lowest BCUT2D eigenvalue weighted by atomic mass is 10.5. The summed E-state index contributed by atoms with van der Waals surface area (Å²) >= 11 is 1.62. The summed E-state index contributed by atoms with van der Waals surface area (Å²) in [5.41, 5.74) is 0. The van der Waals surface area contributed by atoms with Gasteiger partial charge in [0.25, 0.3) is 0 Å². The fourth-order valence-electron chi connectivity index (χ4n) is 0.860. The Kier molecular flexibility index (Phi) is 6.32. The van der Waals surface area contributed by atoms with Crippen molar-refractivity contribution in [2.75, 3.05) is 34.6 Å². The molecule has 0 atom stereocenters. The molecule has 0 heterocycles. The summed E-state index contributed by atoms with van der Waals surface area (Å²) in [5, 5.41) is 1.95. The molecule has 4 heteroatoms. The summed E-state index contributed by atoms with van der Waals surface area (Å²) in [6, 6.07) is 0. The summed E-state index contributed by atoms with van der Waals surface area (Å²) in [4.78, 5) is 1.86. The van der Waals surface area contributed by atoms with E-state index in [2.05, 4.69) is 0 Å². The van der Waals surface area contributed by atoms with Crippen LogP contribution in [0.25, 0.3) is 0 Å². The largest absolute Gasteiger partial charge is 0.491 e. The van der Waals surface area contributed by atoms with E-state index >= 15 is 0 Å². The lowest BCUT2D eigenvalue weighted by Gasteiger charge is -2.17. The van der Waals surface area contributed by atoms with Crippen molar-refractivity contribution in [1.29, 1.82) is 0 Å². The highest BCUT2D eigenvalue weighted by molar-refractivity contribution is 8.01. The standard InChI is InChI=1S/C9H17NO2S/c1-10(2)9(12-4)8(11-3)6-7-13-5/h6-7H,1-5H3/b7-6+,9-8-. The van der Waals surface area contributed by atoms with Crippen molar-refractivity contribution >= 4 is 11.8 Å². The number of hydrogen-bond donors (Lipinski definition) is 0. The molecular weight excluding hydrogens is 186 g/mol. The molecule has 0 aromatic heterocycles. The molecule has 0 spiro atoms. The average Bonchev–Trinajstić information content (AvgIpc) is 2.11. The molecule has 13 heavy (non-hydrogen) atoms. The van der Waals surface area contributed by atoms with Crippen molar-refractivity contribution in [2.24, 2.45) is 0 Å². The second-order valence-electron chi connectivity index (χ2n) is 2.51. The van der Waals surface area contributed by atoms with E-state index in [0.29, 0.717) is 5.88 Å². The van der Waals surface area contributed by atoms with Crippen LogP contribution in [0.15, 0.2) is 23.1 Å². The highest BCUT2D eigenvalue weighted by atomic mass is 32.2. The first-order chi connectivity index (χ1) is 6.17. The van der Waals surface area contributed by atoms with Crippen molar-refractivity contribution in [3.8, 4) is 0 Å². The molecule has 0 aromatic carbocycles. The Hall–Kier alpha value is -0.770. The van der Waals surface area contributed by atoms with Crippen LogP contribution in [0.2, 0.25) is 0 Å². The van der Waals surface area contributed by atoms with Gasteiger partial charge >= 0.3 is 0 Å². The van der Waals surface area contributed by atoms with Crippen LogP contribution in [0.4, 0.5) is 0 Å². The molecule has 0 aliphatic rings. The molecule has 0 aliphatic carbocycles. The summed E-state index contributed by atoms with van der Waals surface area (Å²) < 4.78 is 10.4. The third-order valence-electron chi connectivity index (χ3n) is 1.39. The van der Waals surface area contributed by atoms with E-state index in [9.17, 15) is 0 Å². The molecule has 0 bridgehead atoms. The van der Waals surface area contributed by atoms with E-state index in [0.717, 1.165) is 5.76 Å². The first-order valence-electron chi connectivity index (χ1n) is 3.86. The Morgan fingerprint density at radius 2 is 1.85 bits per heavy atom. The predicted molar refractivity (Wildman–Crippen MR) is 57.4 cm³/mol. The zero-order valence-electron chi connectivity index (χ0n) is 8.83. The van der Waals surface area contributed by atoms with Crippen LogP contribution < -0.4 is 0 Å². The van der Waals surface area contributed by atoms with Gasteiger partial charge in [-0.15, -0.1) is 11.8 Å². The average molecular weight is 203 g/mol. The van der Waals surface area contributed by atoms with Gasteiger partial charge in [-0.25, -0.2) is 0 Å². The third kappa shape index (κ3) is 4.12. The maximum Gasteiger partial charge on any atom is 0.232 e. The smallest absolute Gasteiger partial charge is 0.232 e. The topological polar surface area (TPSA) is 21.7 Å². The summed E-state index contributed by atoms with van der Waals surface area (Å²) in [6.07, 6.45) is 3.87. The zero-order chi connectivity index (χ0) is 10.3. The van der Waals surface area contributed by atoms with Crippen LogP contribution in [0.5, 0.6) is 0 Å². The molecular formula is C9H17NO2S. The first kappa shape index (κ1) is 12.2. The van der Waals surface area contributed by atoms with Gasteiger partial charge in [0.2, 0.25) is 5.88 Å².